The molecule has 3 rings (SSSR count). The summed E-state index contributed by atoms with van der Waals surface area (Å²) >= 11 is 0. The summed E-state index contributed by atoms with van der Waals surface area (Å²) in [4.78, 5) is 5.48. The van der Waals surface area contributed by atoms with E-state index in [0.29, 0.717) is 5.54 Å². The fourth-order valence-electron chi connectivity index (χ4n) is 5.15. The van der Waals surface area contributed by atoms with Gasteiger partial charge in [0.05, 0.1) is 0 Å². The van der Waals surface area contributed by atoms with E-state index in [9.17, 15) is 0 Å². The Kier molecular flexibility index (Phi) is 4.68. The molecule has 3 heteroatoms. The summed E-state index contributed by atoms with van der Waals surface area (Å²) in [6.45, 7) is 9.72. The zero-order chi connectivity index (χ0) is 14.0. The van der Waals surface area contributed by atoms with E-state index in [1.54, 1.807) is 0 Å². The highest BCUT2D eigenvalue weighted by molar-refractivity contribution is 5.05. The minimum Gasteiger partial charge on any atom is -0.329 e. The molecule has 0 aliphatic carbocycles. The molecule has 3 saturated heterocycles. The van der Waals surface area contributed by atoms with Crippen LogP contribution in [-0.4, -0.2) is 54.6 Å². The number of likely N-dealkylation sites (tertiary alicyclic amines) is 1. The van der Waals surface area contributed by atoms with Crippen LogP contribution < -0.4 is 5.73 Å². The second-order valence-corrected chi connectivity index (χ2v) is 7.42. The molecule has 0 aromatic rings. The van der Waals surface area contributed by atoms with Gasteiger partial charge in [0.1, 0.15) is 0 Å². The van der Waals surface area contributed by atoms with Gasteiger partial charge in [0, 0.05) is 18.6 Å². The minimum atomic E-state index is 0.341. The molecule has 0 amide bonds. The van der Waals surface area contributed by atoms with Gasteiger partial charge in [-0.1, -0.05) is 19.8 Å². The van der Waals surface area contributed by atoms with Gasteiger partial charge in [0.2, 0.25) is 0 Å². The van der Waals surface area contributed by atoms with Crippen LogP contribution in [0.15, 0.2) is 0 Å². The Hall–Kier alpha value is -0.120. The Bertz CT molecular complexity index is 319. The number of hydrogen-bond acceptors (Lipinski definition) is 3. The van der Waals surface area contributed by atoms with Crippen LogP contribution in [0.25, 0.3) is 0 Å². The third-order valence-electron chi connectivity index (χ3n) is 6.42. The van der Waals surface area contributed by atoms with Crippen molar-refractivity contribution >= 4 is 0 Å². The molecule has 3 nitrogen and oxygen atoms in total. The lowest BCUT2D eigenvalue weighted by Gasteiger charge is -2.50. The summed E-state index contributed by atoms with van der Waals surface area (Å²) in [5, 5.41) is 0. The van der Waals surface area contributed by atoms with Gasteiger partial charge in [0.25, 0.3) is 0 Å². The van der Waals surface area contributed by atoms with E-state index in [4.69, 9.17) is 5.73 Å². The summed E-state index contributed by atoms with van der Waals surface area (Å²) in [6, 6.07) is 0. The van der Waals surface area contributed by atoms with Gasteiger partial charge in [-0.05, 0) is 70.1 Å². The van der Waals surface area contributed by atoms with Crippen molar-refractivity contribution in [1.29, 1.82) is 0 Å². The molecule has 4 unspecified atom stereocenters. The number of nitrogens with zero attached hydrogens (tertiary/aromatic N) is 2. The summed E-state index contributed by atoms with van der Waals surface area (Å²) in [5.74, 6) is 1.81. The predicted molar refractivity (Wildman–Crippen MR) is 84.8 cm³/mol. The first-order valence-electron chi connectivity index (χ1n) is 8.96. The van der Waals surface area contributed by atoms with Crippen LogP contribution in [0.3, 0.4) is 0 Å². The van der Waals surface area contributed by atoms with E-state index in [1.165, 1.54) is 77.7 Å². The highest BCUT2D eigenvalue weighted by Gasteiger charge is 2.48. The van der Waals surface area contributed by atoms with Crippen LogP contribution in [0.4, 0.5) is 0 Å². The van der Waals surface area contributed by atoms with Gasteiger partial charge in [-0.25, -0.2) is 0 Å². The molecule has 0 aromatic heterocycles. The lowest BCUT2D eigenvalue weighted by Crippen LogP contribution is -2.62. The fourth-order valence-corrected chi connectivity index (χ4v) is 5.15. The zero-order valence-electron chi connectivity index (χ0n) is 13.3. The van der Waals surface area contributed by atoms with Crippen LogP contribution in [0.2, 0.25) is 0 Å². The van der Waals surface area contributed by atoms with Crippen LogP contribution in [0.5, 0.6) is 0 Å². The van der Waals surface area contributed by atoms with Crippen molar-refractivity contribution in [1.82, 2.24) is 9.80 Å². The third-order valence-corrected chi connectivity index (χ3v) is 6.42. The van der Waals surface area contributed by atoms with Crippen molar-refractivity contribution in [2.75, 3.05) is 39.3 Å². The van der Waals surface area contributed by atoms with Crippen molar-refractivity contribution < 1.29 is 0 Å². The Morgan fingerprint density at radius 1 is 1.10 bits per heavy atom. The van der Waals surface area contributed by atoms with E-state index in [-0.39, 0.29) is 0 Å². The van der Waals surface area contributed by atoms with Gasteiger partial charge in [0.15, 0.2) is 0 Å². The zero-order valence-corrected chi connectivity index (χ0v) is 13.3. The maximum Gasteiger partial charge on any atom is 0.0384 e. The third kappa shape index (κ3) is 2.65. The minimum absolute atomic E-state index is 0.341. The number of hydrogen-bond donors (Lipinski definition) is 1. The number of nitrogens with two attached hydrogens (primary N) is 1. The van der Waals surface area contributed by atoms with E-state index in [2.05, 4.69) is 16.7 Å². The molecule has 2 bridgehead atoms. The molecular weight excluding hydrogens is 246 g/mol. The number of rotatable bonds is 4. The number of fused-ring (bicyclic) bond motifs is 2. The molecule has 3 aliphatic rings. The van der Waals surface area contributed by atoms with Crippen LogP contribution in [-0.2, 0) is 0 Å². The van der Waals surface area contributed by atoms with E-state index >= 15 is 0 Å². The van der Waals surface area contributed by atoms with Crippen LogP contribution in [0.1, 0.15) is 51.9 Å². The molecular formula is C17H33N3. The van der Waals surface area contributed by atoms with Crippen molar-refractivity contribution in [2.24, 2.45) is 17.6 Å². The molecule has 0 saturated carbocycles. The Balaban J connectivity index is 1.69. The molecule has 116 valence electrons. The van der Waals surface area contributed by atoms with E-state index in [1.807, 2.05) is 0 Å². The molecule has 0 aromatic carbocycles. The standard InChI is InChI=1S/C17H33N3/c1-2-4-15-5-3-9-20(11-6-15)17(14-18)8-12-19-10-7-16(17)13-19/h15-16H,2-14,18H2,1H3. The average Bonchev–Trinajstić information content (AvgIpc) is 2.72. The van der Waals surface area contributed by atoms with E-state index < -0.39 is 0 Å². The first-order chi connectivity index (χ1) is 9.78. The molecule has 0 spiro atoms. The quantitative estimate of drug-likeness (QED) is 0.857. The first-order valence-corrected chi connectivity index (χ1v) is 8.96. The Morgan fingerprint density at radius 2 is 2.00 bits per heavy atom. The monoisotopic (exact) mass is 279 g/mol. The summed E-state index contributed by atoms with van der Waals surface area (Å²) in [7, 11) is 0. The Morgan fingerprint density at radius 3 is 2.80 bits per heavy atom. The highest BCUT2D eigenvalue weighted by atomic mass is 15.3. The van der Waals surface area contributed by atoms with Gasteiger partial charge in [-0.3, -0.25) is 4.90 Å². The average molecular weight is 279 g/mol. The SMILES string of the molecule is CCCC1CCCN(C2(CN)CCN3CCC2C3)CC1. The van der Waals surface area contributed by atoms with Gasteiger partial charge >= 0.3 is 0 Å². The van der Waals surface area contributed by atoms with Gasteiger partial charge in [-0.2, -0.15) is 0 Å². The first kappa shape index (κ1) is 14.8. The van der Waals surface area contributed by atoms with Crippen molar-refractivity contribution in [3.05, 3.63) is 0 Å². The smallest absolute Gasteiger partial charge is 0.0384 e. The lowest BCUT2D eigenvalue weighted by atomic mass is 9.77. The predicted octanol–water partition coefficient (Wildman–Crippen LogP) is 2.31. The summed E-state index contributed by atoms with van der Waals surface area (Å²) in [5.41, 5.74) is 6.68. The normalized spacial score (nSPS) is 42.6. The number of piperidine rings is 1. The fraction of sp³-hybridized carbons (Fsp3) is 1.00. The molecule has 3 fully saturated rings. The molecule has 0 radical (unpaired) electrons. The van der Waals surface area contributed by atoms with Crippen molar-refractivity contribution in [3.8, 4) is 0 Å². The van der Waals surface area contributed by atoms with Gasteiger partial charge < -0.3 is 10.6 Å². The maximum absolute atomic E-state index is 6.34. The maximum atomic E-state index is 6.34. The lowest BCUT2D eigenvalue weighted by molar-refractivity contribution is 0.00926. The highest BCUT2D eigenvalue weighted by Crippen LogP contribution is 2.40. The van der Waals surface area contributed by atoms with E-state index in [0.717, 1.165) is 18.4 Å². The second-order valence-electron chi connectivity index (χ2n) is 7.42. The summed E-state index contributed by atoms with van der Waals surface area (Å²) in [6.07, 6.45) is 9.72. The molecule has 3 heterocycles. The Labute approximate surface area is 124 Å². The van der Waals surface area contributed by atoms with Crippen molar-refractivity contribution in [2.45, 2.75) is 57.4 Å². The van der Waals surface area contributed by atoms with Crippen LogP contribution >= 0.6 is 0 Å². The largest absolute Gasteiger partial charge is 0.329 e. The topological polar surface area (TPSA) is 32.5 Å². The van der Waals surface area contributed by atoms with Gasteiger partial charge in [-0.15, -0.1) is 0 Å². The van der Waals surface area contributed by atoms with Crippen LogP contribution in [0, 0.1) is 11.8 Å². The molecule has 20 heavy (non-hydrogen) atoms. The molecule has 4 atom stereocenters. The summed E-state index contributed by atoms with van der Waals surface area (Å²) < 4.78 is 0. The molecule has 2 N–H and O–H groups in total. The second kappa shape index (κ2) is 6.33. The molecule has 3 aliphatic heterocycles. The van der Waals surface area contributed by atoms with Crippen molar-refractivity contribution in [3.63, 3.8) is 0 Å².